The Kier molecular flexibility index (Phi) is 5.92. The highest BCUT2D eigenvalue weighted by molar-refractivity contribution is 5.90. The number of carbonyl (C=O) groups is 1. The van der Waals surface area contributed by atoms with E-state index in [-0.39, 0.29) is 29.2 Å². The number of anilines is 1. The van der Waals surface area contributed by atoms with Gasteiger partial charge in [0.05, 0.1) is 6.04 Å². The summed E-state index contributed by atoms with van der Waals surface area (Å²) in [7, 11) is 0. The highest BCUT2D eigenvalue weighted by Gasteiger charge is 2.26. The van der Waals surface area contributed by atoms with E-state index >= 15 is 0 Å². The van der Waals surface area contributed by atoms with Crippen LogP contribution in [-0.2, 0) is 0 Å². The van der Waals surface area contributed by atoms with Crippen LogP contribution in [0.5, 0.6) is 5.75 Å². The second-order valence-electron chi connectivity index (χ2n) is 8.42. The summed E-state index contributed by atoms with van der Waals surface area (Å²) in [5.41, 5.74) is 1.61. The molecule has 3 heterocycles. The number of piperidine rings is 1. The van der Waals surface area contributed by atoms with Crippen molar-refractivity contribution in [2.24, 2.45) is 0 Å². The number of H-pyrrole nitrogens is 2. The third-order valence-electron chi connectivity index (χ3n) is 6.11. The zero-order valence-electron chi connectivity index (χ0n) is 18.8. The molecule has 4 aromatic rings. The number of pyridine rings is 1. The van der Waals surface area contributed by atoms with E-state index in [2.05, 4.69) is 20.4 Å². The Bertz CT molecular complexity index is 1470. The topological polar surface area (TPSA) is 136 Å². The number of rotatable bonds is 4. The number of urea groups is 1. The lowest BCUT2D eigenvalue weighted by Crippen LogP contribution is -2.43. The van der Waals surface area contributed by atoms with Gasteiger partial charge < -0.3 is 20.3 Å². The van der Waals surface area contributed by atoms with Gasteiger partial charge in [-0.15, -0.1) is 5.10 Å². The van der Waals surface area contributed by atoms with Crippen LogP contribution in [0.4, 0.5) is 10.5 Å². The van der Waals surface area contributed by atoms with E-state index in [1.807, 2.05) is 30.3 Å². The van der Waals surface area contributed by atoms with E-state index in [9.17, 15) is 19.5 Å². The third kappa shape index (κ3) is 4.72. The zero-order valence-corrected chi connectivity index (χ0v) is 18.8. The second kappa shape index (κ2) is 9.34. The first kappa shape index (κ1) is 22.2. The molecule has 0 aliphatic carbocycles. The summed E-state index contributed by atoms with van der Waals surface area (Å²) in [4.78, 5) is 44.7. The van der Waals surface area contributed by atoms with Crippen molar-refractivity contribution in [2.75, 3.05) is 18.4 Å². The molecule has 10 heteroatoms. The monoisotopic (exact) mass is 472 g/mol. The molecule has 2 aromatic carbocycles. The summed E-state index contributed by atoms with van der Waals surface area (Å²) < 4.78 is 1.46. The van der Waals surface area contributed by atoms with Crippen molar-refractivity contribution in [3.63, 3.8) is 0 Å². The van der Waals surface area contributed by atoms with Crippen LogP contribution < -0.4 is 16.6 Å². The first-order chi connectivity index (χ1) is 17.0. The summed E-state index contributed by atoms with van der Waals surface area (Å²) in [6.45, 7) is 0.835. The van der Waals surface area contributed by atoms with Crippen LogP contribution in [0.25, 0.3) is 22.5 Å². The number of phenolic OH excluding ortho intramolecular Hbond substituents is 1. The molecule has 1 saturated heterocycles. The predicted octanol–water partition coefficient (Wildman–Crippen LogP) is 3.17. The summed E-state index contributed by atoms with van der Waals surface area (Å²) in [5, 5.41) is 16.9. The van der Waals surface area contributed by atoms with Gasteiger partial charge >= 0.3 is 11.7 Å². The summed E-state index contributed by atoms with van der Waals surface area (Å²) >= 11 is 0. The zero-order chi connectivity index (χ0) is 24.4. The van der Waals surface area contributed by atoms with E-state index in [0.29, 0.717) is 42.9 Å². The Morgan fingerprint density at radius 1 is 0.971 bits per heavy atom. The Hall–Kier alpha value is -4.60. The number of phenols is 1. The van der Waals surface area contributed by atoms with Crippen LogP contribution in [0, 0.1) is 0 Å². The second-order valence-corrected chi connectivity index (χ2v) is 8.42. The highest BCUT2D eigenvalue weighted by atomic mass is 16.3. The van der Waals surface area contributed by atoms with Crippen LogP contribution in [0.2, 0.25) is 0 Å². The maximum Gasteiger partial charge on any atom is 0.343 e. The van der Waals surface area contributed by atoms with Crippen molar-refractivity contribution in [1.82, 2.24) is 24.6 Å². The van der Waals surface area contributed by atoms with Crippen molar-refractivity contribution in [2.45, 2.75) is 18.9 Å². The van der Waals surface area contributed by atoms with Crippen LogP contribution >= 0.6 is 0 Å². The van der Waals surface area contributed by atoms with E-state index in [0.717, 1.165) is 5.56 Å². The molecule has 0 unspecified atom stereocenters. The van der Waals surface area contributed by atoms with Gasteiger partial charge in [-0.3, -0.25) is 9.78 Å². The van der Waals surface area contributed by atoms with Crippen molar-refractivity contribution >= 4 is 11.7 Å². The van der Waals surface area contributed by atoms with Gasteiger partial charge in [-0.05, 0) is 36.6 Å². The normalized spacial score (nSPS) is 14.1. The van der Waals surface area contributed by atoms with Crippen molar-refractivity contribution in [1.29, 1.82) is 0 Å². The van der Waals surface area contributed by atoms with E-state index in [1.165, 1.54) is 10.9 Å². The van der Waals surface area contributed by atoms with Gasteiger partial charge in [-0.25, -0.2) is 14.3 Å². The maximum atomic E-state index is 12.9. The molecule has 0 spiro atoms. The molecule has 1 aliphatic heterocycles. The number of carbonyl (C=O) groups excluding carboxylic acids is 1. The molecular formula is C25H24N6O4. The van der Waals surface area contributed by atoms with Gasteiger partial charge in [-0.2, -0.15) is 0 Å². The third-order valence-corrected chi connectivity index (χ3v) is 6.11. The molecule has 35 heavy (non-hydrogen) atoms. The summed E-state index contributed by atoms with van der Waals surface area (Å²) in [6, 6.07) is 17.1. The molecule has 0 atom stereocenters. The molecular weight excluding hydrogens is 448 g/mol. The lowest BCUT2D eigenvalue weighted by molar-refractivity contribution is 0.179. The molecule has 5 rings (SSSR count). The van der Waals surface area contributed by atoms with Crippen LogP contribution in [-0.4, -0.2) is 48.9 Å². The number of aromatic hydroxyl groups is 1. The van der Waals surface area contributed by atoms with Gasteiger partial charge in [0.25, 0.3) is 5.56 Å². The molecule has 178 valence electrons. The molecule has 0 saturated carbocycles. The predicted molar refractivity (Wildman–Crippen MR) is 131 cm³/mol. The number of hydrogen-bond acceptors (Lipinski definition) is 5. The minimum Gasteiger partial charge on any atom is -0.508 e. The number of aromatic nitrogens is 4. The standard InChI is InChI=1S/C25H24N6O4/c32-20-8-4-7-17(13-20)18-14-21(23(33)26-15-18)27-24(34)30-11-9-19(10-12-30)31-25(35)28-22(29-31)16-5-2-1-3-6-16/h1-8,13-15,19,32H,9-12H2,(H,26,33)(H,27,34)(H,28,29,35). The quantitative estimate of drug-likeness (QED) is 0.362. The fourth-order valence-electron chi connectivity index (χ4n) is 4.25. The van der Waals surface area contributed by atoms with Crippen molar-refractivity contribution in [3.8, 4) is 28.3 Å². The number of nitrogens with zero attached hydrogens (tertiary/aromatic N) is 3. The van der Waals surface area contributed by atoms with Crippen molar-refractivity contribution in [3.05, 3.63) is 87.7 Å². The van der Waals surface area contributed by atoms with Gasteiger partial charge in [-0.1, -0.05) is 42.5 Å². The number of nitrogens with one attached hydrogen (secondary N) is 3. The smallest absolute Gasteiger partial charge is 0.343 e. The SMILES string of the molecule is O=C(Nc1cc(-c2cccc(O)c2)c[nH]c1=O)N1CCC(n2nc(-c3ccccc3)[nH]c2=O)CC1. The maximum absolute atomic E-state index is 12.9. The lowest BCUT2D eigenvalue weighted by Gasteiger charge is -2.31. The molecule has 0 radical (unpaired) electrons. The number of likely N-dealkylation sites (tertiary alicyclic amines) is 1. The van der Waals surface area contributed by atoms with E-state index in [1.54, 1.807) is 35.2 Å². The number of hydrogen-bond donors (Lipinski definition) is 4. The first-order valence-corrected chi connectivity index (χ1v) is 11.3. The van der Waals surface area contributed by atoms with Gasteiger partial charge in [0.1, 0.15) is 11.4 Å². The fourth-order valence-corrected chi connectivity index (χ4v) is 4.25. The molecule has 2 aromatic heterocycles. The highest BCUT2D eigenvalue weighted by Crippen LogP contribution is 2.25. The van der Waals surface area contributed by atoms with Gasteiger partial charge in [0.15, 0.2) is 5.82 Å². The van der Waals surface area contributed by atoms with E-state index in [4.69, 9.17) is 0 Å². The summed E-state index contributed by atoms with van der Waals surface area (Å²) in [5.74, 6) is 0.621. The number of aromatic amines is 2. The lowest BCUT2D eigenvalue weighted by atomic mass is 10.1. The Morgan fingerprint density at radius 3 is 2.46 bits per heavy atom. The van der Waals surface area contributed by atoms with Crippen LogP contribution in [0.15, 0.2) is 76.4 Å². The van der Waals surface area contributed by atoms with Crippen LogP contribution in [0.1, 0.15) is 18.9 Å². The average Bonchev–Trinajstić information content (AvgIpc) is 3.27. The van der Waals surface area contributed by atoms with Crippen LogP contribution in [0.3, 0.4) is 0 Å². The van der Waals surface area contributed by atoms with E-state index < -0.39 is 5.56 Å². The van der Waals surface area contributed by atoms with Crippen molar-refractivity contribution < 1.29 is 9.90 Å². The molecule has 4 N–H and O–H groups in total. The molecule has 1 aliphatic rings. The fraction of sp³-hybridized carbons (Fsp3) is 0.200. The average molecular weight is 473 g/mol. The van der Waals surface area contributed by atoms with Gasteiger partial charge in [0.2, 0.25) is 0 Å². The molecule has 0 bridgehead atoms. The minimum absolute atomic E-state index is 0.106. The summed E-state index contributed by atoms with van der Waals surface area (Å²) in [6.07, 6.45) is 2.65. The Morgan fingerprint density at radius 2 is 1.71 bits per heavy atom. The molecule has 10 nitrogen and oxygen atoms in total. The van der Waals surface area contributed by atoms with Gasteiger partial charge in [0, 0.05) is 30.4 Å². The Balaban J connectivity index is 1.25. The largest absolute Gasteiger partial charge is 0.508 e. The minimum atomic E-state index is -0.423. The number of amides is 2. The first-order valence-electron chi connectivity index (χ1n) is 11.3. The Labute approximate surface area is 199 Å². The molecule has 1 fully saturated rings. The number of benzene rings is 2. The molecule has 2 amide bonds.